The van der Waals surface area contributed by atoms with Gasteiger partial charge in [-0.05, 0) is 36.6 Å². The number of benzene rings is 1. The molecule has 0 saturated carbocycles. The highest BCUT2D eigenvalue weighted by Crippen LogP contribution is 2.18. The molecule has 0 aliphatic carbocycles. The summed E-state index contributed by atoms with van der Waals surface area (Å²) in [6.07, 6.45) is 4.01. The number of halogens is 1. The fourth-order valence-corrected chi connectivity index (χ4v) is 2.19. The Bertz CT molecular complexity index is 583. The Balaban J connectivity index is 1.95. The Kier molecular flexibility index (Phi) is 5.33. The number of rotatable bonds is 7. The van der Waals surface area contributed by atoms with Crippen molar-refractivity contribution in [2.45, 2.75) is 32.2 Å². The minimum absolute atomic E-state index is 0.0501. The first-order chi connectivity index (χ1) is 10.1. The van der Waals surface area contributed by atoms with E-state index in [1.165, 1.54) is 12.1 Å². The van der Waals surface area contributed by atoms with E-state index in [0.717, 1.165) is 24.1 Å². The summed E-state index contributed by atoms with van der Waals surface area (Å²) in [5, 5.41) is 4.10. The molecule has 2 N–H and O–H groups in total. The van der Waals surface area contributed by atoms with Crippen LogP contribution in [0.25, 0.3) is 0 Å². The largest absolute Gasteiger partial charge is 0.493 e. The Morgan fingerprint density at radius 1 is 1.38 bits per heavy atom. The molecule has 0 saturated heterocycles. The van der Waals surface area contributed by atoms with Gasteiger partial charge in [-0.3, -0.25) is 4.68 Å². The lowest BCUT2D eigenvalue weighted by atomic mass is 10.0. The van der Waals surface area contributed by atoms with Gasteiger partial charge < -0.3 is 10.5 Å². The van der Waals surface area contributed by atoms with E-state index in [1.54, 1.807) is 10.9 Å². The zero-order valence-corrected chi connectivity index (χ0v) is 12.6. The third-order valence-electron chi connectivity index (χ3n) is 3.50. The van der Waals surface area contributed by atoms with Crippen LogP contribution in [0.2, 0.25) is 0 Å². The predicted molar refractivity (Wildman–Crippen MR) is 80.8 cm³/mol. The van der Waals surface area contributed by atoms with Gasteiger partial charge in [-0.15, -0.1) is 0 Å². The van der Waals surface area contributed by atoms with Crippen molar-refractivity contribution in [2.75, 3.05) is 6.61 Å². The number of hydrogen-bond donors (Lipinski definition) is 1. The fourth-order valence-electron chi connectivity index (χ4n) is 2.19. The molecule has 0 amide bonds. The van der Waals surface area contributed by atoms with Crippen molar-refractivity contribution in [3.05, 3.63) is 47.5 Å². The van der Waals surface area contributed by atoms with E-state index in [0.29, 0.717) is 18.8 Å². The molecular weight excluding hydrogens is 269 g/mol. The van der Waals surface area contributed by atoms with Crippen molar-refractivity contribution in [1.82, 2.24) is 9.78 Å². The molecule has 1 atom stereocenters. The van der Waals surface area contributed by atoms with Crippen LogP contribution in [-0.4, -0.2) is 22.4 Å². The number of hydrogen-bond acceptors (Lipinski definition) is 3. The molecule has 2 rings (SSSR count). The van der Waals surface area contributed by atoms with E-state index >= 15 is 0 Å². The Labute approximate surface area is 124 Å². The van der Waals surface area contributed by atoms with Gasteiger partial charge in [0.25, 0.3) is 0 Å². The van der Waals surface area contributed by atoms with Crippen LogP contribution < -0.4 is 10.5 Å². The van der Waals surface area contributed by atoms with E-state index in [1.807, 2.05) is 26.1 Å². The maximum Gasteiger partial charge on any atom is 0.127 e. The van der Waals surface area contributed by atoms with Crippen molar-refractivity contribution in [3.8, 4) is 5.75 Å². The fraction of sp³-hybridized carbons (Fsp3) is 0.438. The van der Waals surface area contributed by atoms with Crippen LogP contribution in [0, 0.1) is 5.82 Å². The van der Waals surface area contributed by atoms with Gasteiger partial charge in [-0.1, -0.05) is 6.92 Å². The Morgan fingerprint density at radius 2 is 2.19 bits per heavy atom. The molecule has 0 fully saturated rings. The summed E-state index contributed by atoms with van der Waals surface area (Å²) >= 11 is 0. The first-order valence-corrected chi connectivity index (χ1v) is 7.23. The SMILES string of the molecule is CCC(N)Cc1cc(F)cc(OCCc2ccnn2C)c1. The molecule has 4 nitrogen and oxygen atoms in total. The summed E-state index contributed by atoms with van der Waals surface area (Å²) in [5.41, 5.74) is 7.87. The molecule has 0 aliphatic heterocycles. The highest BCUT2D eigenvalue weighted by molar-refractivity contribution is 5.30. The van der Waals surface area contributed by atoms with Gasteiger partial charge >= 0.3 is 0 Å². The molecule has 0 spiro atoms. The lowest BCUT2D eigenvalue weighted by Gasteiger charge is -2.11. The zero-order chi connectivity index (χ0) is 15.2. The average molecular weight is 291 g/mol. The lowest BCUT2D eigenvalue weighted by Crippen LogP contribution is -2.21. The molecule has 1 aromatic carbocycles. The molecule has 21 heavy (non-hydrogen) atoms. The topological polar surface area (TPSA) is 53.1 Å². The van der Waals surface area contributed by atoms with E-state index in [4.69, 9.17) is 10.5 Å². The Morgan fingerprint density at radius 3 is 2.86 bits per heavy atom. The minimum Gasteiger partial charge on any atom is -0.493 e. The van der Waals surface area contributed by atoms with Crippen molar-refractivity contribution >= 4 is 0 Å². The summed E-state index contributed by atoms with van der Waals surface area (Å²) in [5.74, 6) is 0.266. The second-order valence-corrected chi connectivity index (χ2v) is 5.21. The monoisotopic (exact) mass is 291 g/mol. The van der Waals surface area contributed by atoms with E-state index in [2.05, 4.69) is 5.10 Å². The lowest BCUT2D eigenvalue weighted by molar-refractivity contribution is 0.316. The summed E-state index contributed by atoms with van der Waals surface area (Å²) < 4.78 is 21.1. The smallest absolute Gasteiger partial charge is 0.127 e. The summed E-state index contributed by atoms with van der Waals surface area (Å²) in [4.78, 5) is 0. The highest BCUT2D eigenvalue weighted by atomic mass is 19.1. The molecule has 2 aromatic rings. The highest BCUT2D eigenvalue weighted by Gasteiger charge is 2.06. The quantitative estimate of drug-likeness (QED) is 0.852. The van der Waals surface area contributed by atoms with E-state index in [9.17, 15) is 4.39 Å². The van der Waals surface area contributed by atoms with Crippen LogP contribution in [0.5, 0.6) is 5.75 Å². The van der Waals surface area contributed by atoms with Gasteiger partial charge in [0.2, 0.25) is 0 Å². The molecule has 1 aromatic heterocycles. The van der Waals surface area contributed by atoms with Crippen molar-refractivity contribution in [1.29, 1.82) is 0 Å². The van der Waals surface area contributed by atoms with Crippen LogP contribution in [-0.2, 0) is 19.9 Å². The molecule has 1 heterocycles. The van der Waals surface area contributed by atoms with Crippen molar-refractivity contribution < 1.29 is 9.13 Å². The molecule has 5 heteroatoms. The molecule has 0 radical (unpaired) electrons. The van der Waals surface area contributed by atoms with Crippen LogP contribution in [0.4, 0.5) is 4.39 Å². The predicted octanol–water partition coefficient (Wildman–Crippen LogP) is 2.46. The van der Waals surface area contributed by atoms with Gasteiger partial charge in [0.15, 0.2) is 0 Å². The summed E-state index contributed by atoms with van der Waals surface area (Å²) in [6, 6.07) is 6.78. The van der Waals surface area contributed by atoms with Crippen LogP contribution >= 0.6 is 0 Å². The second-order valence-electron chi connectivity index (χ2n) is 5.21. The maximum atomic E-state index is 13.6. The first kappa shape index (κ1) is 15.5. The zero-order valence-electron chi connectivity index (χ0n) is 12.6. The van der Waals surface area contributed by atoms with Gasteiger partial charge in [0.1, 0.15) is 11.6 Å². The first-order valence-electron chi connectivity index (χ1n) is 7.23. The molecular formula is C16H22FN3O. The summed E-state index contributed by atoms with van der Waals surface area (Å²) in [6.45, 7) is 2.51. The molecule has 114 valence electrons. The Hall–Kier alpha value is -1.88. The molecule has 0 aliphatic rings. The normalized spacial score (nSPS) is 12.4. The molecule has 1 unspecified atom stereocenters. The number of nitrogens with zero attached hydrogens (tertiary/aromatic N) is 2. The van der Waals surface area contributed by atoms with Gasteiger partial charge in [-0.25, -0.2) is 4.39 Å². The number of nitrogens with two attached hydrogens (primary N) is 1. The van der Waals surface area contributed by atoms with Gasteiger partial charge in [0.05, 0.1) is 6.61 Å². The van der Waals surface area contributed by atoms with E-state index in [-0.39, 0.29) is 11.9 Å². The second kappa shape index (κ2) is 7.22. The van der Waals surface area contributed by atoms with Crippen LogP contribution in [0.1, 0.15) is 24.6 Å². The third-order valence-corrected chi connectivity index (χ3v) is 3.50. The minimum atomic E-state index is -0.286. The number of ether oxygens (including phenoxy) is 1. The number of aryl methyl sites for hydroxylation is 1. The number of aromatic nitrogens is 2. The average Bonchev–Trinajstić information content (AvgIpc) is 2.84. The molecule has 0 bridgehead atoms. The van der Waals surface area contributed by atoms with Crippen molar-refractivity contribution in [3.63, 3.8) is 0 Å². The van der Waals surface area contributed by atoms with Crippen LogP contribution in [0.15, 0.2) is 30.5 Å². The standard InChI is InChI=1S/C16H22FN3O/c1-3-14(18)9-12-8-13(17)11-16(10-12)21-7-5-15-4-6-19-20(15)2/h4,6,8,10-11,14H,3,5,7,9,18H2,1-2H3. The third kappa shape index (κ3) is 4.56. The maximum absolute atomic E-state index is 13.6. The van der Waals surface area contributed by atoms with E-state index < -0.39 is 0 Å². The summed E-state index contributed by atoms with van der Waals surface area (Å²) in [7, 11) is 1.89. The van der Waals surface area contributed by atoms with Crippen molar-refractivity contribution in [2.24, 2.45) is 12.8 Å². The van der Waals surface area contributed by atoms with Gasteiger partial charge in [-0.2, -0.15) is 5.10 Å². The van der Waals surface area contributed by atoms with Gasteiger partial charge in [0, 0.05) is 37.5 Å². The van der Waals surface area contributed by atoms with Crippen LogP contribution in [0.3, 0.4) is 0 Å².